The average Bonchev–Trinajstić information content (AvgIpc) is 3.27. The molecule has 0 aromatic heterocycles. The van der Waals surface area contributed by atoms with Crippen LogP contribution in [0.2, 0.25) is 0 Å². The predicted octanol–water partition coefficient (Wildman–Crippen LogP) is 14.1. The molecule has 64 heavy (non-hydrogen) atoms. The second kappa shape index (κ2) is 47.0. The number of amides is 1. The monoisotopic (exact) mass is 924 g/mol. The Morgan fingerprint density at radius 1 is 0.500 bits per heavy atom. The summed E-state index contributed by atoms with van der Waals surface area (Å²) in [5, 5.41) is 21.9. The molecule has 372 valence electrons. The predicted molar refractivity (Wildman–Crippen MR) is 263 cm³/mol. The third-order valence-corrected chi connectivity index (χ3v) is 12.1. The van der Waals surface area contributed by atoms with E-state index < -0.39 is 57.6 Å². The Morgan fingerprint density at radius 2 is 0.859 bits per heavy atom. The summed E-state index contributed by atoms with van der Waals surface area (Å²) < 4.78 is 26.9. The number of esters is 1. The minimum Gasteiger partial charge on any atom is -0.480 e. The normalized spacial score (nSPS) is 13.9. The highest BCUT2D eigenvalue weighted by atomic mass is 31.2. The minimum atomic E-state index is -4.77. The van der Waals surface area contributed by atoms with Crippen molar-refractivity contribution in [2.24, 2.45) is 0 Å². The number of phosphoric ester groups is 1. The first-order valence-corrected chi connectivity index (χ1v) is 27.2. The number of ether oxygens (including phenoxy) is 1. The Hall–Kier alpha value is -2.56. The standard InChI is InChI=1S/C52H94NO10P/c1-3-5-7-9-11-13-15-17-19-21-23-24-26-28-30-32-34-36-38-40-42-44-51(56)61-45-48(54)46-62-64(59,60)63-47-49(52(57)58)53-50(55)43-41-39-37-35-33-31-29-27-25-22-20-18-16-14-12-10-8-6-4-2/h11,13,17,19,23-24,28,30,48-49,54H,3-10,12,14-16,18,20-22,25-27,29,31-47H2,1-2H3,(H,53,55)(H,57,58)(H,59,60)/b13-11-,19-17-,24-23-,30-28-. The summed E-state index contributed by atoms with van der Waals surface area (Å²) in [6, 6.07) is -1.55. The van der Waals surface area contributed by atoms with Crippen LogP contribution < -0.4 is 5.32 Å². The summed E-state index contributed by atoms with van der Waals surface area (Å²) in [7, 11) is -4.77. The molecular formula is C52H94NO10P. The van der Waals surface area contributed by atoms with Gasteiger partial charge < -0.3 is 25.2 Å². The van der Waals surface area contributed by atoms with E-state index in [1.165, 1.54) is 122 Å². The lowest BCUT2D eigenvalue weighted by Crippen LogP contribution is -2.43. The van der Waals surface area contributed by atoms with Crippen molar-refractivity contribution >= 4 is 25.7 Å². The highest BCUT2D eigenvalue weighted by molar-refractivity contribution is 7.47. The van der Waals surface area contributed by atoms with Crippen molar-refractivity contribution in [2.45, 2.75) is 244 Å². The van der Waals surface area contributed by atoms with Gasteiger partial charge in [-0.05, 0) is 57.8 Å². The largest absolute Gasteiger partial charge is 0.480 e. The second-order valence-electron chi connectivity index (χ2n) is 17.4. The van der Waals surface area contributed by atoms with Gasteiger partial charge in [-0.2, -0.15) is 0 Å². The summed E-state index contributed by atoms with van der Waals surface area (Å²) in [5.41, 5.74) is 0. The van der Waals surface area contributed by atoms with Crippen LogP contribution in [0.15, 0.2) is 48.6 Å². The van der Waals surface area contributed by atoms with E-state index >= 15 is 0 Å². The van der Waals surface area contributed by atoms with Crippen LogP contribution in [0.1, 0.15) is 232 Å². The lowest BCUT2D eigenvalue weighted by molar-refractivity contribution is -0.147. The lowest BCUT2D eigenvalue weighted by Gasteiger charge is -2.18. The topological polar surface area (TPSA) is 169 Å². The number of hydrogen-bond donors (Lipinski definition) is 4. The van der Waals surface area contributed by atoms with Gasteiger partial charge in [0.15, 0.2) is 6.04 Å². The van der Waals surface area contributed by atoms with Crippen LogP contribution >= 0.6 is 7.82 Å². The number of phosphoric acid groups is 1. The van der Waals surface area contributed by atoms with Gasteiger partial charge >= 0.3 is 19.8 Å². The Bertz CT molecular complexity index is 1270. The number of carbonyl (C=O) groups is 3. The summed E-state index contributed by atoms with van der Waals surface area (Å²) in [4.78, 5) is 46.1. The van der Waals surface area contributed by atoms with Gasteiger partial charge in [-0.1, -0.05) is 210 Å². The first-order valence-electron chi connectivity index (χ1n) is 25.7. The Balaban J connectivity index is 3.86. The van der Waals surface area contributed by atoms with E-state index in [1.54, 1.807) is 0 Å². The van der Waals surface area contributed by atoms with E-state index in [9.17, 15) is 34.1 Å². The first-order chi connectivity index (χ1) is 31.1. The number of rotatable bonds is 48. The van der Waals surface area contributed by atoms with Crippen molar-refractivity contribution in [3.8, 4) is 0 Å². The molecule has 0 bridgehead atoms. The molecule has 0 aliphatic rings. The van der Waals surface area contributed by atoms with Gasteiger partial charge in [-0.25, -0.2) is 9.36 Å². The van der Waals surface area contributed by atoms with Crippen molar-refractivity contribution < 1.29 is 47.8 Å². The van der Waals surface area contributed by atoms with E-state index in [-0.39, 0.29) is 12.8 Å². The van der Waals surface area contributed by atoms with Crippen LogP contribution in [0.3, 0.4) is 0 Å². The molecule has 3 atom stereocenters. The molecule has 3 unspecified atom stereocenters. The molecule has 4 N–H and O–H groups in total. The third-order valence-electron chi connectivity index (χ3n) is 11.1. The molecule has 0 saturated carbocycles. The average molecular weight is 924 g/mol. The van der Waals surface area contributed by atoms with Crippen molar-refractivity contribution in [1.29, 1.82) is 0 Å². The van der Waals surface area contributed by atoms with Crippen molar-refractivity contribution in [3.63, 3.8) is 0 Å². The maximum atomic E-state index is 12.4. The van der Waals surface area contributed by atoms with E-state index in [2.05, 4.69) is 67.8 Å². The fourth-order valence-electron chi connectivity index (χ4n) is 7.12. The number of unbranched alkanes of at least 4 members (excludes halogenated alkanes) is 26. The lowest BCUT2D eigenvalue weighted by atomic mass is 10.0. The van der Waals surface area contributed by atoms with E-state index in [4.69, 9.17) is 13.8 Å². The SMILES string of the molecule is CCCCC/C=C\C/C=C\C/C=C\C/C=C\CCCCCCCC(=O)OCC(O)COP(=O)(O)OCC(NC(=O)CCCCCCCCCCCCCCCCCCCCC)C(=O)O. The molecule has 11 nitrogen and oxygen atoms in total. The van der Waals surface area contributed by atoms with Gasteiger partial charge in [0.2, 0.25) is 5.91 Å². The zero-order valence-corrected chi connectivity index (χ0v) is 41.5. The molecule has 0 aromatic carbocycles. The Kier molecular flexibility index (Phi) is 45.1. The quantitative estimate of drug-likeness (QED) is 0.0199. The zero-order valence-electron chi connectivity index (χ0n) is 40.6. The molecule has 0 rings (SSSR count). The van der Waals surface area contributed by atoms with Gasteiger partial charge in [0.1, 0.15) is 12.7 Å². The molecule has 0 aliphatic heterocycles. The van der Waals surface area contributed by atoms with Gasteiger partial charge in [-0.15, -0.1) is 0 Å². The van der Waals surface area contributed by atoms with Crippen LogP contribution in [0.4, 0.5) is 0 Å². The third kappa shape index (κ3) is 46.0. The number of allylic oxidation sites excluding steroid dienone is 8. The van der Waals surface area contributed by atoms with Crippen LogP contribution in [-0.2, 0) is 32.7 Å². The summed E-state index contributed by atoms with van der Waals surface area (Å²) in [5.74, 6) is -2.38. The number of nitrogens with one attached hydrogen (secondary N) is 1. The molecule has 0 radical (unpaired) electrons. The smallest absolute Gasteiger partial charge is 0.472 e. The number of aliphatic hydroxyl groups is 1. The van der Waals surface area contributed by atoms with Gasteiger partial charge in [0.05, 0.1) is 13.2 Å². The first kappa shape index (κ1) is 61.4. The van der Waals surface area contributed by atoms with Crippen molar-refractivity contribution in [2.75, 3.05) is 19.8 Å². The van der Waals surface area contributed by atoms with E-state index in [1.807, 2.05) is 0 Å². The molecule has 0 aromatic rings. The number of aliphatic hydroxyl groups excluding tert-OH is 1. The zero-order chi connectivity index (χ0) is 47.0. The number of aliphatic carboxylic acids is 1. The molecule has 0 spiro atoms. The number of hydrogen-bond acceptors (Lipinski definition) is 8. The number of carboxylic acid groups (broad SMARTS) is 1. The maximum Gasteiger partial charge on any atom is 0.472 e. The van der Waals surface area contributed by atoms with E-state index in [0.717, 1.165) is 70.6 Å². The van der Waals surface area contributed by atoms with E-state index in [0.29, 0.717) is 12.8 Å². The van der Waals surface area contributed by atoms with Gasteiger partial charge in [0.25, 0.3) is 0 Å². The summed E-state index contributed by atoms with van der Waals surface area (Å²) in [6.07, 6.45) is 54.1. The Morgan fingerprint density at radius 3 is 1.31 bits per heavy atom. The maximum absolute atomic E-state index is 12.4. The van der Waals surface area contributed by atoms with Crippen LogP contribution in [0, 0.1) is 0 Å². The van der Waals surface area contributed by atoms with Crippen LogP contribution in [-0.4, -0.2) is 64.9 Å². The summed E-state index contributed by atoms with van der Waals surface area (Å²) >= 11 is 0. The fraction of sp³-hybridized carbons (Fsp3) is 0.788. The van der Waals surface area contributed by atoms with Gasteiger partial charge in [-0.3, -0.25) is 18.6 Å². The molecule has 0 heterocycles. The minimum absolute atomic E-state index is 0.147. The van der Waals surface area contributed by atoms with Crippen LogP contribution in [0.5, 0.6) is 0 Å². The molecule has 1 amide bonds. The molecular weight excluding hydrogens is 830 g/mol. The van der Waals surface area contributed by atoms with Crippen molar-refractivity contribution in [3.05, 3.63) is 48.6 Å². The molecule has 12 heteroatoms. The highest BCUT2D eigenvalue weighted by Gasteiger charge is 2.28. The van der Waals surface area contributed by atoms with Crippen molar-refractivity contribution in [1.82, 2.24) is 5.32 Å². The molecule has 0 saturated heterocycles. The van der Waals surface area contributed by atoms with Gasteiger partial charge in [0, 0.05) is 12.8 Å². The highest BCUT2D eigenvalue weighted by Crippen LogP contribution is 2.43. The second-order valence-corrected chi connectivity index (χ2v) is 18.8. The molecule has 0 aliphatic carbocycles. The number of carboxylic acids is 1. The summed E-state index contributed by atoms with van der Waals surface area (Å²) in [6.45, 7) is 2.58. The van der Waals surface area contributed by atoms with Crippen LogP contribution in [0.25, 0.3) is 0 Å². The number of carbonyl (C=O) groups excluding carboxylic acids is 2. The Labute approximate surface area is 390 Å². The molecule has 0 fully saturated rings. The fourth-order valence-corrected chi connectivity index (χ4v) is 7.90.